The molecule has 1 fully saturated rings. The van der Waals surface area contributed by atoms with Gasteiger partial charge in [-0.05, 0) is 50.8 Å². The predicted octanol–water partition coefficient (Wildman–Crippen LogP) is 2.33. The molecule has 0 radical (unpaired) electrons. The van der Waals surface area contributed by atoms with Crippen LogP contribution in [0.25, 0.3) is 0 Å². The molecule has 1 aromatic carbocycles. The number of rotatable bonds is 7. The standard InChI is InChI=1S/C19H30N4O2.HI/c1-4-21-18(23-14-19(2)10-6-12-25-19)22-11-9-15-7-5-8-16(13-15)17(24)20-3;/h5,7-8,13H,4,6,9-12,14H2,1-3H3,(H,20,24)(H2,21,22,23);1H. The molecule has 0 aromatic heterocycles. The monoisotopic (exact) mass is 474 g/mol. The Morgan fingerprint density at radius 2 is 2.15 bits per heavy atom. The first-order valence-corrected chi connectivity index (χ1v) is 9.03. The molecule has 0 bridgehead atoms. The molecule has 7 heteroatoms. The van der Waals surface area contributed by atoms with Crippen LogP contribution in [0.15, 0.2) is 29.3 Å². The summed E-state index contributed by atoms with van der Waals surface area (Å²) in [6.45, 7) is 7.23. The van der Waals surface area contributed by atoms with Gasteiger partial charge in [0, 0.05) is 32.3 Å². The Balaban J connectivity index is 0.00000338. The molecule has 6 nitrogen and oxygen atoms in total. The number of carbonyl (C=O) groups is 1. The highest BCUT2D eigenvalue weighted by atomic mass is 127. The second-order valence-electron chi connectivity index (χ2n) is 6.55. The van der Waals surface area contributed by atoms with Crippen LogP contribution in [0.5, 0.6) is 0 Å². The first kappa shape index (κ1) is 22.7. The summed E-state index contributed by atoms with van der Waals surface area (Å²) in [6.07, 6.45) is 2.99. The lowest BCUT2D eigenvalue weighted by atomic mass is 10.0. The lowest BCUT2D eigenvalue weighted by Gasteiger charge is -2.21. The molecule has 2 rings (SSSR count). The zero-order chi connectivity index (χ0) is 18.1. The molecule has 146 valence electrons. The van der Waals surface area contributed by atoms with Crippen LogP contribution in [0.1, 0.15) is 42.6 Å². The lowest BCUT2D eigenvalue weighted by Crippen LogP contribution is -2.40. The Bertz CT molecular complexity index is 601. The largest absolute Gasteiger partial charge is 0.373 e. The number of nitrogens with one attached hydrogen (secondary N) is 3. The van der Waals surface area contributed by atoms with E-state index in [1.807, 2.05) is 24.3 Å². The van der Waals surface area contributed by atoms with Crippen LogP contribution in [0.2, 0.25) is 0 Å². The van der Waals surface area contributed by atoms with Crippen LogP contribution in [0.4, 0.5) is 0 Å². The number of amides is 1. The number of nitrogens with zero attached hydrogens (tertiary/aromatic N) is 1. The average Bonchev–Trinajstić information content (AvgIpc) is 3.06. The molecule has 0 spiro atoms. The smallest absolute Gasteiger partial charge is 0.251 e. The van der Waals surface area contributed by atoms with E-state index in [-0.39, 0.29) is 35.5 Å². The van der Waals surface area contributed by atoms with Crippen molar-refractivity contribution in [2.75, 3.05) is 33.3 Å². The molecule has 3 N–H and O–H groups in total. The topological polar surface area (TPSA) is 74.8 Å². The van der Waals surface area contributed by atoms with Gasteiger partial charge in [0.25, 0.3) is 5.91 Å². The van der Waals surface area contributed by atoms with E-state index in [1.165, 1.54) is 0 Å². The van der Waals surface area contributed by atoms with Crippen LogP contribution < -0.4 is 16.0 Å². The van der Waals surface area contributed by atoms with E-state index in [4.69, 9.17) is 4.74 Å². The molecular weight excluding hydrogens is 443 g/mol. The van der Waals surface area contributed by atoms with Crippen LogP contribution in [0, 0.1) is 0 Å². The maximum Gasteiger partial charge on any atom is 0.251 e. The minimum atomic E-state index is -0.135. The Labute approximate surface area is 173 Å². The molecule has 1 aliphatic rings. The van der Waals surface area contributed by atoms with Crippen LogP contribution in [-0.4, -0.2) is 50.8 Å². The molecule has 0 aliphatic carbocycles. The molecule has 0 saturated carbocycles. The Kier molecular flexibility index (Phi) is 9.93. The highest BCUT2D eigenvalue weighted by molar-refractivity contribution is 14.0. The Morgan fingerprint density at radius 1 is 1.35 bits per heavy atom. The number of benzene rings is 1. The van der Waals surface area contributed by atoms with Crippen LogP contribution in [0.3, 0.4) is 0 Å². The van der Waals surface area contributed by atoms with Gasteiger partial charge in [-0.1, -0.05) is 12.1 Å². The first-order valence-electron chi connectivity index (χ1n) is 9.03. The van der Waals surface area contributed by atoms with Crippen molar-refractivity contribution in [1.82, 2.24) is 16.0 Å². The average molecular weight is 474 g/mol. The van der Waals surface area contributed by atoms with E-state index >= 15 is 0 Å². The molecule has 26 heavy (non-hydrogen) atoms. The van der Waals surface area contributed by atoms with E-state index in [0.29, 0.717) is 12.1 Å². The number of aliphatic imine (C=N–C) groups is 1. The summed E-state index contributed by atoms with van der Waals surface area (Å²) in [5.41, 5.74) is 1.67. The lowest BCUT2D eigenvalue weighted by molar-refractivity contribution is 0.0283. The molecule has 1 amide bonds. The molecule has 1 aromatic rings. The van der Waals surface area contributed by atoms with E-state index in [0.717, 1.165) is 50.5 Å². The quantitative estimate of drug-likeness (QED) is 0.322. The Hall–Kier alpha value is -1.35. The third-order valence-corrected chi connectivity index (χ3v) is 4.34. The van der Waals surface area contributed by atoms with Crippen LogP contribution >= 0.6 is 24.0 Å². The Morgan fingerprint density at radius 3 is 2.81 bits per heavy atom. The second-order valence-corrected chi connectivity index (χ2v) is 6.55. The van der Waals surface area contributed by atoms with E-state index < -0.39 is 0 Å². The zero-order valence-corrected chi connectivity index (χ0v) is 18.3. The van der Waals surface area contributed by atoms with Gasteiger partial charge in [0.15, 0.2) is 5.96 Å². The van der Waals surface area contributed by atoms with Crippen molar-refractivity contribution in [3.8, 4) is 0 Å². The van der Waals surface area contributed by atoms with Crippen molar-refractivity contribution in [3.63, 3.8) is 0 Å². The van der Waals surface area contributed by atoms with Gasteiger partial charge in [-0.15, -0.1) is 24.0 Å². The van der Waals surface area contributed by atoms with Crippen molar-refractivity contribution in [2.24, 2.45) is 4.99 Å². The minimum absolute atomic E-state index is 0. The highest BCUT2D eigenvalue weighted by Gasteiger charge is 2.29. The van der Waals surface area contributed by atoms with Gasteiger partial charge in [0.05, 0.1) is 12.1 Å². The van der Waals surface area contributed by atoms with Gasteiger partial charge in [-0.2, -0.15) is 0 Å². The molecule has 1 heterocycles. The first-order chi connectivity index (χ1) is 12.1. The maximum atomic E-state index is 11.7. The number of hydrogen-bond acceptors (Lipinski definition) is 3. The second kappa shape index (κ2) is 11.4. The number of carbonyl (C=O) groups excluding carboxylic acids is 1. The number of hydrogen-bond donors (Lipinski definition) is 3. The normalized spacial score (nSPS) is 19.6. The van der Waals surface area contributed by atoms with Gasteiger partial charge >= 0.3 is 0 Å². The van der Waals surface area contributed by atoms with Crippen molar-refractivity contribution in [3.05, 3.63) is 35.4 Å². The number of halogens is 1. The number of ether oxygens (including phenoxy) is 1. The van der Waals surface area contributed by atoms with Crippen molar-refractivity contribution < 1.29 is 9.53 Å². The van der Waals surface area contributed by atoms with E-state index in [1.54, 1.807) is 7.05 Å². The third-order valence-electron chi connectivity index (χ3n) is 4.34. The molecule has 1 saturated heterocycles. The molecule has 1 aliphatic heterocycles. The van der Waals surface area contributed by atoms with Crippen LogP contribution in [-0.2, 0) is 11.2 Å². The summed E-state index contributed by atoms with van der Waals surface area (Å²) in [7, 11) is 1.64. The summed E-state index contributed by atoms with van der Waals surface area (Å²) in [6, 6.07) is 7.70. The molecule has 1 unspecified atom stereocenters. The van der Waals surface area contributed by atoms with E-state index in [9.17, 15) is 4.79 Å². The SMILES string of the molecule is CCNC(=NCC1(C)CCCO1)NCCc1cccc(C(=O)NC)c1.I. The number of guanidine groups is 1. The maximum absolute atomic E-state index is 11.7. The van der Waals surface area contributed by atoms with Gasteiger partial charge < -0.3 is 20.7 Å². The van der Waals surface area contributed by atoms with Gasteiger partial charge in [0.1, 0.15) is 0 Å². The summed E-state index contributed by atoms with van der Waals surface area (Å²) in [5, 5.41) is 9.27. The fourth-order valence-corrected chi connectivity index (χ4v) is 2.89. The van der Waals surface area contributed by atoms with Gasteiger partial charge in [0.2, 0.25) is 0 Å². The van der Waals surface area contributed by atoms with E-state index in [2.05, 4.69) is 34.8 Å². The molecular formula is C19H31IN4O2. The van der Waals surface area contributed by atoms with Gasteiger partial charge in [-0.25, -0.2) is 0 Å². The summed E-state index contributed by atoms with van der Waals surface area (Å²) in [5.74, 6) is 0.746. The fraction of sp³-hybridized carbons (Fsp3) is 0.579. The fourth-order valence-electron chi connectivity index (χ4n) is 2.89. The minimum Gasteiger partial charge on any atom is -0.373 e. The molecule has 1 atom stereocenters. The summed E-state index contributed by atoms with van der Waals surface area (Å²) >= 11 is 0. The van der Waals surface area contributed by atoms with Crippen molar-refractivity contribution in [1.29, 1.82) is 0 Å². The van der Waals surface area contributed by atoms with Gasteiger partial charge in [-0.3, -0.25) is 9.79 Å². The van der Waals surface area contributed by atoms with Crippen molar-refractivity contribution in [2.45, 2.75) is 38.7 Å². The highest BCUT2D eigenvalue weighted by Crippen LogP contribution is 2.24. The zero-order valence-electron chi connectivity index (χ0n) is 15.9. The summed E-state index contributed by atoms with van der Waals surface area (Å²) in [4.78, 5) is 16.4. The summed E-state index contributed by atoms with van der Waals surface area (Å²) < 4.78 is 5.79. The predicted molar refractivity (Wildman–Crippen MR) is 117 cm³/mol. The van der Waals surface area contributed by atoms with Crippen molar-refractivity contribution >= 4 is 35.8 Å². The third kappa shape index (κ3) is 7.11.